The van der Waals surface area contributed by atoms with Crippen molar-refractivity contribution in [2.45, 2.75) is 38.0 Å². The Hall–Kier alpha value is -2.15. The molecule has 1 aromatic carbocycles. The zero-order valence-electron chi connectivity index (χ0n) is 15.0. The monoisotopic (exact) mass is 358 g/mol. The maximum absolute atomic E-state index is 12.8. The van der Waals surface area contributed by atoms with Gasteiger partial charge < -0.3 is 24.4 Å². The van der Waals surface area contributed by atoms with Crippen molar-refractivity contribution in [1.29, 1.82) is 0 Å². The maximum Gasteiger partial charge on any atom is 0.227 e. The van der Waals surface area contributed by atoms with Gasteiger partial charge in [-0.2, -0.15) is 0 Å². The third-order valence-electron chi connectivity index (χ3n) is 4.75. The molecule has 3 atom stereocenters. The molecule has 2 N–H and O–H groups in total. The van der Waals surface area contributed by atoms with Crippen LogP contribution in [-0.4, -0.2) is 63.6 Å². The largest absolute Gasteiger partial charge is 0.388 e. The van der Waals surface area contributed by atoms with E-state index in [1.807, 2.05) is 60.3 Å². The van der Waals surface area contributed by atoms with Gasteiger partial charge in [-0.05, 0) is 36.2 Å². The number of hydrogen-bond acceptors (Lipinski definition) is 4. The third-order valence-corrected chi connectivity index (χ3v) is 4.75. The summed E-state index contributed by atoms with van der Waals surface area (Å²) in [6.07, 6.45) is 3.04. The molecule has 3 rings (SSSR count). The van der Waals surface area contributed by atoms with Crippen LogP contribution < -0.4 is 0 Å². The van der Waals surface area contributed by atoms with Gasteiger partial charge in [0.05, 0.1) is 25.7 Å². The number of rotatable bonds is 6. The van der Waals surface area contributed by atoms with E-state index in [2.05, 4.69) is 0 Å². The molecule has 1 aromatic heterocycles. The van der Waals surface area contributed by atoms with Gasteiger partial charge in [0.15, 0.2) is 0 Å². The molecule has 1 aliphatic heterocycles. The number of benzene rings is 1. The number of amides is 1. The number of carbonyl (C=O) groups is 1. The Morgan fingerprint density at radius 2 is 1.88 bits per heavy atom. The standard InChI is InChI=1S/C20H26N2O4/c1-2-9-22(17-13-26-14-18(23)20(17)25)19(24)12-15-5-7-16(8-6-15)21-10-3-4-11-21/h3-8,10-11,17-18,20,23,25H,2,9,12-14H2,1H3/t17-,18-,20+/m1/s1. The van der Waals surface area contributed by atoms with E-state index in [9.17, 15) is 15.0 Å². The van der Waals surface area contributed by atoms with E-state index in [-0.39, 0.29) is 25.5 Å². The van der Waals surface area contributed by atoms with Crippen molar-refractivity contribution in [1.82, 2.24) is 9.47 Å². The van der Waals surface area contributed by atoms with Crippen LogP contribution in [0.25, 0.3) is 5.69 Å². The van der Waals surface area contributed by atoms with E-state index < -0.39 is 18.2 Å². The van der Waals surface area contributed by atoms with Crippen molar-refractivity contribution in [2.24, 2.45) is 0 Å². The maximum atomic E-state index is 12.8. The number of aromatic nitrogens is 1. The molecule has 0 radical (unpaired) electrons. The highest BCUT2D eigenvalue weighted by Crippen LogP contribution is 2.18. The minimum absolute atomic E-state index is 0.0673. The lowest BCUT2D eigenvalue weighted by molar-refractivity contribution is -0.155. The van der Waals surface area contributed by atoms with Crippen molar-refractivity contribution < 1.29 is 19.7 Å². The molecule has 140 valence electrons. The average molecular weight is 358 g/mol. The fourth-order valence-corrected chi connectivity index (χ4v) is 3.32. The topological polar surface area (TPSA) is 74.9 Å². The van der Waals surface area contributed by atoms with Gasteiger partial charge in [-0.25, -0.2) is 0 Å². The van der Waals surface area contributed by atoms with E-state index in [0.29, 0.717) is 6.54 Å². The summed E-state index contributed by atoms with van der Waals surface area (Å²) in [6.45, 7) is 2.86. The minimum Gasteiger partial charge on any atom is -0.388 e. The van der Waals surface area contributed by atoms with E-state index in [1.165, 1.54) is 0 Å². The lowest BCUT2D eigenvalue weighted by Gasteiger charge is -2.39. The number of ether oxygens (including phenoxy) is 1. The van der Waals surface area contributed by atoms with E-state index >= 15 is 0 Å². The molecule has 1 saturated heterocycles. The van der Waals surface area contributed by atoms with E-state index in [0.717, 1.165) is 17.7 Å². The highest BCUT2D eigenvalue weighted by molar-refractivity contribution is 5.79. The number of aliphatic hydroxyl groups excluding tert-OH is 2. The number of nitrogens with zero attached hydrogens (tertiary/aromatic N) is 2. The van der Waals surface area contributed by atoms with Gasteiger partial charge in [0, 0.05) is 24.6 Å². The van der Waals surface area contributed by atoms with Crippen LogP contribution in [0.15, 0.2) is 48.8 Å². The first-order chi connectivity index (χ1) is 12.6. The Labute approximate surface area is 153 Å². The van der Waals surface area contributed by atoms with Crippen LogP contribution in [-0.2, 0) is 16.0 Å². The van der Waals surface area contributed by atoms with Gasteiger partial charge in [-0.15, -0.1) is 0 Å². The van der Waals surface area contributed by atoms with Crippen LogP contribution >= 0.6 is 0 Å². The van der Waals surface area contributed by atoms with Crippen LogP contribution in [0.3, 0.4) is 0 Å². The van der Waals surface area contributed by atoms with Gasteiger partial charge in [-0.1, -0.05) is 19.1 Å². The molecule has 0 bridgehead atoms. The van der Waals surface area contributed by atoms with Gasteiger partial charge in [0.1, 0.15) is 12.2 Å². The molecule has 0 spiro atoms. The molecular weight excluding hydrogens is 332 g/mol. The van der Waals surface area contributed by atoms with Crippen molar-refractivity contribution in [3.05, 3.63) is 54.4 Å². The quantitative estimate of drug-likeness (QED) is 0.818. The van der Waals surface area contributed by atoms with Crippen LogP contribution in [0.2, 0.25) is 0 Å². The molecule has 6 heteroatoms. The molecule has 0 saturated carbocycles. The summed E-state index contributed by atoms with van der Waals surface area (Å²) in [7, 11) is 0. The number of carbonyl (C=O) groups excluding carboxylic acids is 1. The summed E-state index contributed by atoms with van der Waals surface area (Å²) in [5, 5.41) is 20.1. The molecule has 6 nitrogen and oxygen atoms in total. The number of aliphatic hydroxyl groups is 2. The lowest BCUT2D eigenvalue weighted by atomic mass is 10.0. The third kappa shape index (κ3) is 4.15. The fraction of sp³-hybridized carbons (Fsp3) is 0.450. The summed E-state index contributed by atoms with van der Waals surface area (Å²) in [4.78, 5) is 14.5. The Kier molecular flexibility index (Phi) is 6.08. The summed E-state index contributed by atoms with van der Waals surface area (Å²) in [5.41, 5.74) is 1.95. The average Bonchev–Trinajstić information content (AvgIpc) is 3.17. The molecule has 0 aliphatic carbocycles. The second-order valence-electron chi connectivity index (χ2n) is 6.68. The van der Waals surface area contributed by atoms with Gasteiger partial charge in [-0.3, -0.25) is 4.79 Å². The minimum atomic E-state index is -0.977. The van der Waals surface area contributed by atoms with Gasteiger partial charge in [0.2, 0.25) is 5.91 Å². The van der Waals surface area contributed by atoms with Crippen molar-refractivity contribution in [3.8, 4) is 5.69 Å². The zero-order valence-corrected chi connectivity index (χ0v) is 15.0. The molecular formula is C20H26N2O4. The Bertz CT molecular complexity index is 699. The molecule has 26 heavy (non-hydrogen) atoms. The Morgan fingerprint density at radius 3 is 2.54 bits per heavy atom. The van der Waals surface area contributed by atoms with E-state index in [1.54, 1.807) is 4.90 Å². The smallest absolute Gasteiger partial charge is 0.227 e. The first-order valence-electron chi connectivity index (χ1n) is 9.05. The van der Waals surface area contributed by atoms with Crippen molar-refractivity contribution in [3.63, 3.8) is 0 Å². The molecule has 0 unspecified atom stereocenters. The summed E-state index contributed by atoms with van der Waals surface area (Å²) in [5.74, 6) is -0.0673. The first-order valence-corrected chi connectivity index (χ1v) is 9.05. The van der Waals surface area contributed by atoms with Gasteiger partial charge in [0.25, 0.3) is 0 Å². The van der Waals surface area contributed by atoms with Crippen LogP contribution in [0.1, 0.15) is 18.9 Å². The molecule has 1 amide bonds. The molecule has 1 fully saturated rings. The van der Waals surface area contributed by atoms with Crippen LogP contribution in [0.4, 0.5) is 0 Å². The predicted molar refractivity (Wildman–Crippen MR) is 98.1 cm³/mol. The lowest BCUT2D eigenvalue weighted by Crippen LogP contribution is -2.58. The van der Waals surface area contributed by atoms with Crippen LogP contribution in [0.5, 0.6) is 0 Å². The normalized spacial score (nSPS) is 23.0. The number of hydrogen-bond donors (Lipinski definition) is 2. The summed E-state index contributed by atoms with van der Waals surface area (Å²) < 4.78 is 7.35. The molecule has 1 aliphatic rings. The highest BCUT2D eigenvalue weighted by Gasteiger charge is 2.37. The van der Waals surface area contributed by atoms with Crippen molar-refractivity contribution in [2.75, 3.05) is 19.8 Å². The summed E-state index contributed by atoms with van der Waals surface area (Å²) >= 11 is 0. The first kappa shape index (κ1) is 18.6. The predicted octanol–water partition coefficient (Wildman–Crippen LogP) is 1.38. The second kappa shape index (κ2) is 8.49. The van der Waals surface area contributed by atoms with Gasteiger partial charge >= 0.3 is 0 Å². The second-order valence-corrected chi connectivity index (χ2v) is 6.68. The molecule has 2 heterocycles. The zero-order chi connectivity index (χ0) is 18.5. The fourth-order valence-electron chi connectivity index (χ4n) is 3.32. The Balaban J connectivity index is 1.69. The van der Waals surface area contributed by atoms with E-state index in [4.69, 9.17) is 4.74 Å². The summed E-state index contributed by atoms with van der Waals surface area (Å²) in [6, 6.07) is 11.3. The SMILES string of the molecule is CCCN(C(=O)Cc1ccc(-n2cccc2)cc1)[C@@H]1COC[C@@H](O)[C@H]1O. The molecule has 2 aromatic rings. The highest BCUT2D eigenvalue weighted by atomic mass is 16.5. The van der Waals surface area contributed by atoms with Crippen molar-refractivity contribution >= 4 is 5.91 Å². The van der Waals surface area contributed by atoms with Crippen LogP contribution in [0, 0.1) is 0 Å². The Morgan fingerprint density at radius 1 is 1.19 bits per heavy atom.